The zero-order valence-corrected chi connectivity index (χ0v) is 10.6. The van der Waals surface area contributed by atoms with Crippen LogP contribution >= 0.6 is 0 Å². The summed E-state index contributed by atoms with van der Waals surface area (Å²) in [6.07, 6.45) is 0. The Labute approximate surface area is 106 Å². The molecule has 100 valence electrons. The maximum absolute atomic E-state index is 8.84. The third-order valence-corrected chi connectivity index (χ3v) is 2.58. The fraction of sp³-hybridized carbons (Fsp3) is 0.417. The van der Waals surface area contributed by atoms with E-state index < -0.39 is 0 Å². The number of oxime groups is 1. The van der Waals surface area contributed by atoms with Crippen molar-refractivity contribution in [3.8, 4) is 5.75 Å². The van der Waals surface area contributed by atoms with E-state index in [2.05, 4.69) is 5.16 Å². The predicted molar refractivity (Wildman–Crippen MR) is 68.9 cm³/mol. The van der Waals surface area contributed by atoms with Gasteiger partial charge in [-0.05, 0) is 24.7 Å². The molecule has 4 N–H and O–H groups in total. The lowest BCUT2D eigenvalue weighted by Gasteiger charge is -2.16. The predicted octanol–water partition coefficient (Wildman–Crippen LogP) is 0.214. The average molecular weight is 253 g/mol. The number of likely N-dealkylation sites (N-methyl/N-ethyl adjacent to an activating group) is 1. The molecule has 0 amide bonds. The van der Waals surface area contributed by atoms with Crippen molar-refractivity contribution in [1.29, 1.82) is 0 Å². The third-order valence-electron chi connectivity index (χ3n) is 2.58. The highest BCUT2D eigenvalue weighted by Gasteiger charge is 2.10. The molecular weight excluding hydrogens is 234 g/mol. The molecule has 6 heteroatoms. The minimum atomic E-state index is 0.0125. The van der Waals surface area contributed by atoms with Crippen molar-refractivity contribution in [3.05, 3.63) is 29.3 Å². The molecular formula is C12H19N3O3. The van der Waals surface area contributed by atoms with Crippen LogP contribution < -0.4 is 10.5 Å². The Balaban J connectivity index is 2.96. The van der Waals surface area contributed by atoms with Gasteiger partial charge in [0, 0.05) is 13.1 Å². The van der Waals surface area contributed by atoms with E-state index in [1.807, 2.05) is 24.1 Å². The average Bonchev–Trinajstić information content (AvgIpc) is 2.38. The number of benzene rings is 1. The maximum Gasteiger partial charge on any atom is 0.173 e. The van der Waals surface area contributed by atoms with E-state index in [0.717, 1.165) is 5.56 Å². The summed E-state index contributed by atoms with van der Waals surface area (Å²) in [5, 5.41) is 20.6. The van der Waals surface area contributed by atoms with Crippen LogP contribution in [-0.2, 0) is 6.54 Å². The molecule has 0 saturated heterocycles. The van der Waals surface area contributed by atoms with Crippen LogP contribution in [0.3, 0.4) is 0 Å². The summed E-state index contributed by atoms with van der Waals surface area (Å²) in [7, 11) is 3.44. The van der Waals surface area contributed by atoms with Gasteiger partial charge in [-0.25, -0.2) is 0 Å². The van der Waals surface area contributed by atoms with E-state index in [0.29, 0.717) is 24.4 Å². The molecule has 0 saturated carbocycles. The first kappa shape index (κ1) is 14.3. The summed E-state index contributed by atoms with van der Waals surface area (Å²) in [5.74, 6) is 0.567. The van der Waals surface area contributed by atoms with Crippen molar-refractivity contribution in [3.63, 3.8) is 0 Å². The first-order valence-corrected chi connectivity index (χ1v) is 5.56. The zero-order valence-electron chi connectivity index (χ0n) is 10.6. The number of hydrogen-bond acceptors (Lipinski definition) is 5. The molecule has 0 aliphatic heterocycles. The Hall–Kier alpha value is -1.79. The van der Waals surface area contributed by atoms with Crippen LogP contribution in [0.4, 0.5) is 0 Å². The van der Waals surface area contributed by atoms with Crippen LogP contribution in [-0.4, -0.2) is 48.4 Å². The molecule has 1 aromatic rings. The number of aliphatic hydroxyl groups is 1. The monoisotopic (exact) mass is 253 g/mol. The van der Waals surface area contributed by atoms with Crippen molar-refractivity contribution in [2.24, 2.45) is 10.9 Å². The molecule has 0 heterocycles. The number of ether oxygens (including phenoxy) is 1. The van der Waals surface area contributed by atoms with Crippen LogP contribution in [0.5, 0.6) is 5.75 Å². The molecule has 0 unspecified atom stereocenters. The van der Waals surface area contributed by atoms with Crippen LogP contribution in [0.1, 0.15) is 11.1 Å². The lowest BCUT2D eigenvalue weighted by atomic mass is 10.1. The Morgan fingerprint density at radius 2 is 2.22 bits per heavy atom. The Bertz CT molecular complexity index is 421. The summed E-state index contributed by atoms with van der Waals surface area (Å²) in [4.78, 5) is 1.97. The second-order valence-electron chi connectivity index (χ2n) is 3.98. The van der Waals surface area contributed by atoms with Crippen LogP contribution in [0.2, 0.25) is 0 Å². The number of nitrogens with two attached hydrogens (primary N) is 1. The topological polar surface area (TPSA) is 91.3 Å². The number of nitrogens with zero attached hydrogens (tertiary/aromatic N) is 2. The van der Waals surface area contributed by atoms with Gasteiger partial charge in [-0.1, -0.05) is 11.2 Å². The van der Waals surface area contributed by atoms with E-state index in [1.54, 1.807) is 6.07 Å². The van der Waals surface area contributed by atoms with Gasteiger partial charge in [-0.2, -0.15) is 0 Å². The van der Waals surface area contributed by atoms with Gasteiger partial charge in [0.2, 0.25) is 0 Å². The molecule has 0 radical (unpaired) electrons. The highest BCUT2D eigenvalue weighted by atomic mass is 16.5. The second kappa shape index (κ2) is 6.83. The molecule has 6 nitrogen and oxygen atoms in total. The summed E-state index contributed by atoms with van der Waals surface area (Å²) >= 11 is 0. The quantitative estimate of drug-likeness (QED) is 0.292. The number of rotatable bonds is 6. The van der Waals surface area contributed by atoms with E-state index >= 15 is 0 Å². The molecule has 1 aromatic carbocycles. The molecule has 18 heavy (non-hydrogen) atoms. The molecule has 0 bridgehead atoms. The van der Waals surface area contributed by atoms with Gasteiger partial charge in [0.15, 0.2) is 5.84 Å². The van der Waals surface area contributed by atoms with E-state index in [-0.39, 0.29) is 12.4 Å². The molecule has 0 atom stereocenters. The number of aliphatic hydroxyl groups excluding tert-OH is 1. The first-order chi connectivity index (χ1) is 8.62. The Morgan fingerprint density at radius 3 is 2.78 bits per heavy atom. The first-order valence-electron chi connectivity index (χ1n) is 5.56. The molecule has 0 aliphatic carbocycles. The lowest BCUT2D eigenvalue weighted by molar-refractivity contribution is 0.217. The third kappa shape index (κ3) is 3.61. The largest absolute Gasteiger partial charge is 0.496 e. The smallest absolute Gasteiger partial charge is 0.173 e. The lowest BCUT2D eigenvalue weighted by Crippen LogP contribution is -2.22. The fourth-order valence-electron chi connectivity index (χ4n) is 1.67. The highest BCUT2D eigenvalue weighted by molar-refractivity contribution is 5.99. The van der Waals surface area contributed by atoms with Gasteiger partial charge < -0.3 is 20.8 Å². The second-order valence-corrected chi connectivity index (χ2v) is 3.98. The van der Waals surface area contributed by atoms with E-state index in [4.69, 9.17) is 20.8 Å². The summed E-state index contributed by atoms with van der Waals surface area (Å²) in [6.45, 7) is 1.36. The molecule has 0 aromatic heterocycles. The van der Waals surface area contributed by atoms with Gasteiger partial charge in [0.05, 0.1) is 19.3 Å². The SMILES string of the molecule is COc1ccc(CN(C)CCO)cc1/C(N)=N/O. The van der Waals surface area contributed by atoms with Gasteiger partial charge in [0.1, 0.15) is 5.75 Å². The number of methoxy groups -OCH3 is 1. The van der Waals surface area contributed by atoms with Crippen LogP contribution in [0, 0.1) is 0 Å². The van der Waals surface area contributed by atoms with Crippen molar-refractivity contribution in [2.75, 3.05) is 27.3 Å². The minimum Gasteiger partial charge on any atom is -0.496 e. The Morgan fingerprint density at radius 1 is 1.50 bits per heavy atom. The normalized spacial score (nSPS) is 11.9. The molecule has 0 spiro atoms. The van der Waals surface area contributed by atoms with Gasteiger partial charge in [-0.15, -0.1) is 0 Å². The molecule has 0 aliphatic rings. The zero-order chi connectivity index (χ0) is 13.5. The van der Waals surface area contributed by atoms with Gasteiger partial charge in [-0.3, -0.25) is 4.90 Å². The van der Waals surface area contributed by atoms with E-state index in [9.17, 15) is 0 Å². The Kier molecular flexibility index (Phi) is 5.41. The number of hydrogen-bond donors (Lipinski definition) is 3. The van der Waals surface area contributed by atoms with Crippen molar-refractivity contribution >= 4 is 5.84 Å². The van der Waals surface area contributed by atoms with Gasteiger partial charge >= 0.3 is 0 Å². The van der Waals surface area contributed by atoms with Crippen molar-refractivity contribution < 1.29 is 15.1 Å². The summed E-state index contributed by atoms with van der Waals surface area (Å²) in [6, 6.07) is 5.48. The molecule has 0 fully saturated rings. The summed E-state index contributed by atoms with van der Waals surface area (Å²) < 4.78 is 5.15. The maximum atomic E-state index is 8.84. The summed E-state index contributed by atoms with van der Waals surface area (Å²) in [5.41, 5.74) is 7.14. The molecule has 1 rings (SSSR count). The fourth-order valence-corrected chi connectivity index (χ4v) is 1.67. The van der Waals surface area contributed by atoms with Gasteiger partial charge in [0.25, 0.3) is 0 Å². The minimum absolute atomic E-state index is 0.0125. The standard InChI is InChI=1S/C12H19N3O3/c1-15(5-6-16)8-9-3-4-11(18-2)10(7-9)12(13)14-17/h3-4,7,16-17H,5-6,8H2,1-2H3,(H2,13,14). The van der Waals surface area contributed by atoms with Crippen LogP contribution in [0.25, 0.3) is 0 Å². The van der Waals surface area contributed by atoms with E-state index in [1.165, 1.54) is 7.11 Å². The van der Waals surface area contributed by atoms with Crippen molar-refractivity contribution in [2.45, 2.75) is 6.54 Å². The van der Waals surface area contributed by atoms with Crippen molar-refractivity contribution in [1.82, 2.24) is 4.90 Å². The highest BCUT2D eigenvalue weighted by Crippen LogP contribution is 2.20. The van der Waals surface area contributed by atoms with Crippen LogP contribution in [0.15, 0.2) is 23.4 Å². The number of amidine groups is 1.